The fourth-order valence-electron chi connectivity index (χ4n) is 3.82. The van der Waals surface area contributed by atoms with Crippen molar-refractivity contribution < 1.29 is 18.0 Å². The van der Waals surface area contributed by atoms with E-state index in [1.165, 1.54) is 23.4 Å². The van der Waals surface area contributed by atoms with Crippen LogP contribution in [0.5, 0.6) is 0 Å². The van der Waals surface area contributed by atoms with Gasteiger partial charge in [0, 0.05) is 31.1 Å². The maximum atomic E-state index is 13.2. The number of amides is 1. The number of anilines is 1. The molecule has 2 aromatic rings. The minimum atomic E-state index is -3.73. The molecule has 4 rings (SSSR count). The predicted molar refractivity (Wildman–Crippen MR) is 96.5 cm³/mol. The second-order valence-electron chi connectivity index (χ2n) is 6.59. The van der Waals surface area contributed by atoms with Crippen molar-refractivity contribution in [1.82, 2.24) is 4.31 Å². The number of benzene rings is 2. The van der Waals surface area contributed by atoms with E-state index in [1.54, 1.807) is 18.2 Å². The van der Waals surface area contributed by atoms with Gasteiger partial charge in [-0.1, -0.05) is 18.2 Å². The van der Waals surface area contributed by atoms with Crippen molar-refractivity contribution in [3.63, 3.8) is 0 Å². The normalized spacial score (nSPS) is 19.3. The zero-order valence-electron chi connectivity index (χ0n) is 14.2. The largest absolute Gasteiger partial charge is 0.326 e. The zero-order valence-corrected chi connectivity index (χ0v) is 15.0. The van der Waals surface area contributed by atoms with Crippen LogP contribution in [0.1, 0.15) is 40.9 Å². The molecule has 0 bridgehead atoms. The highest BCUT2D eigenvalue weighted by molar-refractivity contribution is 7.89. The summed E-state index contributed by atoms with van der Waals surface area (Å²) in [5.41, 5.74) is 3.11. The first-order valence-corrected chi connectivity index (χ1v) is 9.86. The van der Waals surface area contributed by atoms with Gasteiger partial charge in [0.1, 0.15) is 0 Å². The molecule has 1 heterocycles. The lowest BCUT2D eigenvalue weighted by atomic mass is 9.95. The number of ketones is 1. The van der Waals surface area contributed by atoms with Crippen LogP contribution >= 0.6 is 0 Å². The quantitative estimate of drug-likeness (QED) is 0.900. The molecule has 2 aliphatic rings. The molecule has 0 fully saturated rings. The second-order valence-corrected chi connectivity index (χ2v) is 8.48. The number of hydrogen-bond donors (Lipinski definition) is 1. The highest BCUT2D eigenvalue weighted by atomic mass is 32.2. The number of nitrogens with zero attached hydrogens (tertiary/aromatic N) is 1. The monoisotopic (exact) mass is 370 g/mol. The number of sulfonamides is 1. The van der Waals surface area contributed by atoms with Crippen LogP contribution in [0.2, 0.25) is 0 Å². The molecule has 6 nitrogen and oxygen atoms in total. The number of carbonyl (C=O) groups is 2. The number of hydrogen-bond acceptors (Lipinski definition) is 4. The molecule has 0 spiro atoms. The number of nitrogens with one attached hydrogen (secondary N) is 1. The van der Waals surface area contributed by atoms with Gasteiger partial charge in [0.05, 0.1) is 10.9 Å². The van der Waals surface area contributed by atoms with Crippen molar-refractivity contribution in [3.8, 4) is 0 Å². The van der Waals surface area contributed by atoms with Crippen molar-refractivity contribution in [1.29, 1.82) is 0 Å². The molecule has 1 atom stereocenters. The highest BCUT2D eigenvalue weighted by Gasteiger charge is 2.43. The third-order valence-corrected chi connectivity index (χ3v) is 6.86. The lowest BCUT2D eigenvalue weighted by Crippen LogP contribution is -2.39. The average molecular weight is 370 g/mol. The molecule has 1 aliphatic carbocycles. The standard InChI is InChI=1S/C19H18N2O4S/c1-12(22)20-14-5-7-15(8-6-14)26(24,25)21-10-9-13-3-2-4-16-18(23)11-17(21)19(13)16/h2-8,17H,9-11H2,1H3,(H,20,22). The summed E-state index contributed by atoms with van der Waals surface area (Å²) >= 11 is 0. The molecule has 1 amide bonds. The molecule has 0 saturated carbocycles. The molecule has 7 heteroatoms. The Morgan fingerprint density at radius 3 is 2.58 bits per heavy atom. The van der Waals surface area contributed by atoms with E-state index in [0.717, 1.165) is 11.1 Å². The van der Waals surface area contributed by atoms with Gasteiger partial charge in [-0.15, -0.1) is 0 Å². The van der Waals surface area contributed by atoms with Crippen molar-refractivity contribution >= 4 is 27.4 Å². The molecular weight excluding hydrogens is 352 g/mol. The summed E-state index contributed by atoms with van der Waals surface area (Å²) in [6, 6.07) is 11.3. The first kappa shape index (κ1) is 16.9. The Hall–Kier alpha value is -2.51. The molecular formula is C19H18N2O4S. The minimum Gasteiger partial charge on any atom is -0.326 e. The lowest BCUT2D eigenvalue weighted by molar-refractivity contribution is -0.114. The van der Waals surface area contributed by atoms with Crippen molar-refractivity contribution in [2.24, 2.45) is 0 Å². The van der Waals surface area contributed by atoms with Crippen LogP contribution < -0.4 is 5.32 Å². The first-order valence-electron chi connectivity index (χ1n) is 8.42. The van der Waals surface area contributed by atoms with Gasteiger partial charge in [-0.2, -0.15) is 4.31 Å². The minimum absolute atomic E-state index is 0.00467. The van der Waals surface area contributed by atoms with E-state index in [1.807, 2.05) is 12.1 Å². The molecule has 0 saturated heterocycles. The van der Waals surface area contributed by atoms with E-state index >= 15 is 0 Å². The second kappa shape index (κ2) is 6.03. The van der Waals surface area contributed by atoms with Crippen molar-refractivity contribution in [3.05, 3.63) is 59.2 Å². The Morgan fingerprint density at radius 1 is 1.15 bits per heavy atom. The lowest BCUT2D eigenvalue weighted by Gasteiger charge is -2.33. The molecule has 1 aliphatic heterocycles. The average Bonchev–Trinajstić information content (AvgIpc) is 2.93. The Labute approximate surface area is 151 Å². The summed E-state index contributed by atoms with van der Waals surface area (Å²) in [7, 11) is -3.73. The van der Waals surface area contributed by atoms with Gasteiger partial charge in [0.15, 0.2) is 5.78 Å². The third-order valence-electron chi connectivity index (χ3n) is 4.94. The fraction of sp³-hybridized carbons (Fsp3) is 0.263. The van der Waals surface area contributed by atoms with Crippen LogP contribution in [-0.2, 0) is 21.2 Å². The summed E-state index contributed by atoms with van der Waals surface area (Å²) < 4.78 is 27.8. The van der Waals surface area contributed by atoms with E-state index in [2.05, 4.69) is 5.32 Å². The molecule has 0 radical (unpaired) electrons. The maximum Gasteiger partial charge on any atom is 0.243 e. The van der Waals surface area contributed by atoms with Crippen molar-refractivity contribution in [2.75, 3.05) is 11.9 Å². The van der Waals surface area contributed by atoms with Crippen LogP contribution in [0, 0.1) is 0 Å². The molecule has 1 N–H and O–H groups in total. The smallest absolute Gasteiger partial charge is 0.243 e. The Morgan fingerprint density at radius 2 is 1.88 bits per heavy atom. The van der Waals surface area contributed by atoms with Crippen LogP contribution in [0.25, 0.3) is 0 Å². The molecule has 1 unspecified atom stereocenters. The van der Waals surface area contributed by atoms with Gasteiger partial charge in [-0.05, 0) is 41.8 Å². The van der Waals surface area contributed by atoms with Gasteiger partial charge in [-0.3, -0.25) is 9.59 Å². The Balaban J connectivity index is 1.70. The Kier molecular flexibility index (Phi) is 3.93. The summed E-state index contributed by atoms with van der Waals surface area (Å²) in [6.45, 7) is 1.74. The SMILES string of the molecule is CC(=O)Nc1ccc(S(=O)(=O)N2CCc3cccc4c3C2CC4=O)cc1. The summed E-state index contributed by atoms with van der Waals surface area (Å²) in [5.74, 6) is -0.222. The highest BCUT2D eigenvalue weighted by Crippen LogP contribution is 2.43. The van der Waals surface area contributed by atoms with Crippen molar-refractivity contribution in [2.45, 2.75) is 30.7 Å². The van der Waals surface area contributed by atoms with Crippen LogP contribution in [0.4, 0.5) is 5.69 Å². The maximum absolute atomic E-state index is 13.2. The van der Waals surface area contributed by atoms with E-state index in [0.29, 0.717) is 24.2 Å². The zero-order chi connectivity index (χ0) is 18.5. The van der Waals surface area contributed by atoms with Crippen LogP contribution in [0.15, 0.2) is 47.4 Å². The fourth-order valence-corrected chi connectivity index (χ4v) is 5.42. The van der Waals surface area contributed by atoms with E-state index in [-0.39, 0.29) is 23.0 Å². The van der Waals surface area contributed by atoms with Crippen LogP contribution in [-0.4, -0.2) is 31.0 Å². The van der Waals surface area contributed by atoms with Gasteiger partial charge in [0.25, 0.3) is 0 Å². The topological polar surface area (TPSA) is 83.6 Å². The number of Topliss-reactive ketones (excluding diaryl/α,β-unsaturated/α-hetero) is 1. The third kappa shape index (κ3) is 2.64. The van der Waals surface area contributed by atoms with E-state index in [4.69, 9.17) is 0 Å². The summed E-state index contributed by atoms with van der Waals surface area (Å²) in [4.78, 5) is 23.6. The predicted octanol–water partition coefficient (Wildman–Crippen LogP) is 2.52. The van der Waals surface area contributed by atoms with Gasteiger partial charge in [-0.25, -0.2) is 8.42 Å². The number of rotatable bonds is 3. The summed E-state index contributed by atoms with van der Waals surface area (Å²) in [6.07, 6.45) is 0.783. The van der Waals surface area contributed by atoms with Crippen LogP contribution in [0.3, 0.4) is 0 Å². The van der Waals surface area contributed by atoms with Gasteiger partial charge < -0.3 is 5.32 Å². The van der Waals surface area contributed by atoms with Gasteiger partial charge in [0.2, 0.25) is 15.9 Å². The Bertz CT molecular complexity index is 1010. The molecule has 134 valence electrons. The molecule has 2 aromatic carbocycles. The van der Waals surface area contributed by atoms with Gasteiger partial charge >= 0.3 is 0 Å². The molecule has 26 heavy (non-hydrogen) atoms. The van der Waals surface area contributed by atoms with E-state index < -0.39 is 16.1 Å². The molecule has 0 aromatic heterocycles. The van der Waals surface area contributed by atoms with E-state index in [9.17, 15) is 18.0 Å². The summed E-state index contributed by atoms with van der Waals surface area (Å²) in [5, 5.41) is 2.62. The first-order chi connectivity index (χ1) is 12.4. The number of carbonyl (C=O) groups excluding carboxylic acids is 2.